The van der Waals surface area contributed by atoms with Gasteiger partial charge in [-0.15, -0.1) is 0 Å². The molecule has 4 nitrogen and oxygen atoms in total. The second-order valence-corrected chi connectivity index (χ2v) is 7.82. The van der Waals surface area contributed by atoms with Gasteiger partial charge in [-0.25, -0.2) is 9.19 Å². The number of rotatable bonds is 7. The van der Waals surface area contributed by atoms with Gasteiger partial charge in [0.25, 0.3) is 0 Å². The maximum atomic E-state index is 12.0. The van der Waals surface area contributed by atoms with Gasteiger partial charge in [-0.2, -0.15) is 0 Å². The fourth-order valence-electron chi connectivity index (χ4n) is 3.14. The van der Waals surface area contributed by atoms with Crippen LogP contribution in [0.3, 0.4) is 0 Å². The van der Waals surface area contributed by atoms with Crippen LogP contribution in [0.4, 0.5) is 17.1 Å². The molecule has 1 unspecified atom stereocenters. The smallest absolute Gasteiger partial charge is 0.117 e. The van der Waals surface area contributed by atoms with Gasteiger partial charge in [0, 0.05) is 27.9 Å². The predicted octanol–water partition coefficient (Wildman–Crippen LogP) is 5.18. The maximum absolute atomic E-state index is 12.0. The molecule has 3 aromatic carbocycles. The van der Waals surface area contributed by atoms with Gasteiger partial charge < -0.3 is 10.0 Å². The van der Waals surface area contributed by atoms with Crippen LogP contribution in [0.2, 0.25) is 6.32 Å². The summed E-state index contributed by atoms with van der Waals surface area (Å²) in [5.41, 5.74) is 4.73. The molecular weight excluding hydrogens is 365 g/mol. The summed E-state index contributed by atoms with van der Waals surface area (Å²) < 4.78 is 15.0. The summed E-state index contributed by atoms with van der Waals surface area (Å²) in [6, 6.07) is 24.1. The third-order valence-electron chi connectivity index (χ3n) is 4.51. The largest absolute Gasteiger partial charge is 0.354 e. The highest BCUT2D eigenvalue weighted by Crippen LogP contribution is 2.33. The minimum atomic E-state index is -1.11. The second kappa shape index (κ2) is 8.44. The van der Waals surface area contributed by atoms with Crippen LogP contribution in [0.1, 0.15) is 6.42 Å². The van der Waals surface area contributed by atoms with Crippen molar-refractivity contribution in [1.29, 1.82) is 0 Å². The average molecular weight is 385 g/mol. The number of fused-ring (bicyclic) bond motifs is 2. The van der Waals surface area contributed by atoms with E-state index in [0.717, 1.165) is 45.3 Å². The van der Waals surface area contributed by atoms with E-state index in [9.17, 15) is 4.21 Å². The number of anilines is 3. The van der Waals surface area contributed by atoms with Gasteiger partial charge >= 0.3 is 0 Å². The lowest BCUT2D eigenvalue weighted by atomic mass is 10.0. The quantitative estimate of drug-likeness (QED) is 0.340. The minimum Gasteiger partial charge on any atom is -0.354 e. The molecule has 2 radical (unpaired) electrons. The van der Waals surface area contributed by atoms with Crippen LogP contribution in [0.25, 0.3) is 21.8 Å². The Bertz CT molecular complexity index is 1080. The fourth-order valence-corrected chi connectivity index (χ4v) is 4.07. The summed E-state index contributed by atoms with van der Waals surface area (Å²) in [5.74, 6) is 0.547. The number of hydrogen-bond acceptors (Lipinski definition) is 3. The highest BCUT2D eigenvalue weighted by molar-refractivity contribution is 7.86. The molecule has 2 N–H and O–H groups in total. The van der Waals surface area contributed by atoms with Crippen molar-refractivity contribution >= 4 is 57.7 Å². The molecule has 6 heteroatoms. The van der Waals surface area contributed by atoms with Crippen LogP contribution in [-0.4, -0.2) is 22.8 Å². The van der Waals surface area contributed by atoms with Gasteiger partial charge in [-0.3, -0.25) is 0 Å². The van der Waals surface area contributed by atoms with E-state index < -0.39 is 11.0 Å². The Hall–Kier alpha value is -2.86. The lowest BCUT2D eigenvalue weighted by Gasteiger charge is -2.14. The molecule has 0 saturated carbocycles. The van der Waals surface area contributed by atoms with E-state index in [-0.39, 0.29) is 0 Å². The predicted molar refractivity (Wildman–Crippen MR) is 121 cm³/mol. The number of hydrogen-bond donors (Lipinski definition) is 2. The molecule has 1 heterocycles. The average Bonchev–Trinajstić information content (AvgIpc) is 2.73. The van der Waals surface area contributed by atoms with Gasteiger partial charge in [0.2, 0.25) is 0 Å². The molecule has 4 rings (SSSR count). The molecule has 0 amide bonds. The SMILES string of the molecule is [B]CCCS(=O)Nc1ccc(Nc2c3ccccc3nc3ccccc23)cc1. The van der Waals surface area contributed by atoms with Crippen LogP contribution in [0.5, 0.6) is 0 Å². The molecule has 4 aromatic rings. The van der Waals surface area contributed by atoms with E-state index >= 15 is 0 Å². The van der Waals surface area contributed by atoms with Crippen LogP contribution < -0.4 is 10.0 Å². The zero-order valence-corrected chi connectivity index (χ0v) is 16.2. The molecule has 0 bridgehead atoms. The molecule has 0 aliphatic heterocycles. The molecular formula is C22H20BN3OS. The molecule has 138 valence electrons. The minimum absolute atomic E-state index is 0.546. The van der Waals surface area contributed by atoms with Crippen molar-refractivity contribution < 1.29 is 4.21 Å². The van der Waals surface area contributed by atoms with Crippen LogP contribution in [0, 0.1) is 0 Å². The summed E-state index contributed by atoms with van der Waals surface area (Å²) >= 11 is 0. The Morgan fingerprint density at radius 3 is 2.00 bits per heavy atom. The van der Waals surface area contributed by atoms with Crippen molar-refractivity contribution in [3.8, 4) is 0 Å². The lowest BCUT2D eigenvalue weighted by molar-refractivity contribution is 0.685. The Morgan fingerprint density at radius 1 is 0.821 bits per heavy atom. The monoisotopic (exact) mass is 385 g/mol. The molecule has 0 spiro atoms. The number of nitrogens with zero attached hydrogens (tertiary/aromatic N) is 1. The fraction of sp³-hybridized carbons (Fsp3) is 0.136. The summed E-state index contributed by atoms with van der Waals surface area (Å²) in [5, 5.41) is 5.70. The molecule has 0 fully saturated rings. The Kier molecular flexibility index (Phi) is 5.58. The summed E-state index contributed by atoms with van der Waals surface area (Å²) in [4.78, 5) is 4.76. The standard InChI is InChI=1S/C22H20BN3OS/c23-14-5-15-28(27)26-17-12-10-16(11-13-17)24-22-18-6-1-3-8-20(18)25-21-9-4-2-7-19(21)22/h1-4,6-13,26H,5,14-15H2,(H,24,25). The molecule has 0 aliphatic rings. The lowest BCUT2D eigenvalue weighted by Crippen LogP contribution is -2.08. The number of para-hydroxylation sites is 2. The number of benzene rings is 3. The first-order valence-corrected chi connectivity index (χ1v) is 10.6. The van der Waals surface area contributed by atoms with Crippen LogP contribution in [0.15, 0.2) is 72.8 Å². The van der Waals surface area contributed by atoms with Crippen molar-refractivity contribution in [1.82, 2.24) is 4.98 Å². The number of pyridine rings is 1. The zero-order valence-electron chi connectivity index (χ0n) is 15.4. The Balaban J connectivity index is 1.63. The second-order valence-electron chi connectivity index (χ2n) is 6.52. The molecule has 28 heavy (non-hydrogen) atoms. The molecule has 0 aliphatic carbocycles. The van der Waals surface area contributed by atoms with Gasteiger partial charge in [0.1, 0.15) is 11.0 Å². The maximum Gasteiger partial charge on any atom is 0.117 e. The molecule has 0 saturated heterocycles. The van der Waals surface area contributed by atoms with Gasteiger partial charge in [0.15, 0.2) is 0 Å². The van der Waals surface area contributed by atoms with E-state index in [1.54, 1.807) is 0 Å². The normalized spacial score (nSPS) is 12.1. The number of nitrogens with one attached hydrogen (secondary N) is 2. The van der Waals surface area contributed by atoms with E-state index in [4.69, 9.17) is 12.8 Å². The van der Waals surface area contributed by atoms with Crippen molar-refractivity contribution in [2.45, 2.75) is 12.7 Å². The topological polar surface area (TPSA) is 54.0 Å². The first-order valence-electron chi connectivity index (χ1n) is 9.24. The first-order chi connectivity index (χ1) is 13.7. The van der Waals surface area contributed by atoms with Gasteiger partial charge in [0.05, 0.1) is 24.6 Å². The zero-order chi connectivity index (χ0) is 19.3. The van der Waals surface area contributed by atoms with Crippen LogP contribution >= 0.6 is 0 Å². The van der Waals surface area contributed by atoms with Gasteiger partial charge in [-0.05, 0) is 42.8 Å². The highest BCUT2D eigenvalue weighted by Gasteiger charge is 2.09. The Morgan fingerprint density at radius 2 is 1.39 bits per heavy atom. The molecule has 1 atom stereocenters. The number of aromatic nitrogens is 1. The molecule has 1 aromatic heterocycles. The van der Waals surface area contributed by atoms with E-state index in [0.29, 0.717) is 12.1 Å². The third-order valence-corrected chi connectivity index (χ3v) is 5.63. The van der Waals surface area contributed by atoms with Crippen molar-refractivity contribution in [2.24, 2.45) is 0 Å². The summed E-state index contributed by atoms with van der Waals surface area (Å²) in [7, 11) is 4.36. The van der Waals surface area contributed by atoms with E-state index in [2.05, 4.69) is 22.2 Å². The van der Waals surface area contributed by atoms with Crippen LogP contribution in [-0.2, 0) is 11.0 Å². The Labute approximate surface area is 168 Å². The van der Waals surface area contributed by atoms with E-state index in [1.807, 2.05) is 60.7 Å². The summed E-state index contributed by atoms with van der Waals surface area (Å²) in [6.07, 6.45) is 1.28. The van der Waals surface area contributed by atoms with E-state index in [1.165, 1.54) is 0 Å². The third kappa shape index (κ3) is 4.02. The van der Waals surface area contributed by atoms with Crippen molar-refractivity contribution in [3.63, 3.8) is 0 Å². The first kappa shape index (κ1) is 18.5. The summed E-state index contributed by atoms with van der Waals surface area (Å²) in [6.45, 7) is 0. The van der Waals surface area contributed by atoms with Crippen molar-refractivity contribution in [2.75, 3.05) is 15.8 Å². The highest BCUT2D eigenvalue weighted by atomic mass is 32.2. The van der Waals surface area contributed by atoms with Crippen molar-refractivity contribution in [3.05, 3.63) is 72.8 Å². The van der Waals surface area contributed by atoms with Gasteiger partial charge in [-0.1, -0.05) is 42.7 Å².